The summed E-state index contributed by atoms with van der Waals surface area (Å²) in [5.74, 6) is 0.398. The molecule has 3 N–H and O–H groups in total. The number of nitrogen functional groups attached to an aromatic ring is 1. The minimum Gasteiger partial charge on any atom is -0.481 e. The Balaban J connectivity index is 2.30. The number of hydrogen-bond acceptors (Lipinski definition) is 5. The molecule has 0 fully saturated rings. The summed E-state index contributed by atoms with van der Waals surface area (Å²) in [7, 11) is 1.47. The molecule has 1 aromatic carbocycles. The molecule has 0 bridgehead atoms. The molecular formula is C12H13FN4O. The standard InChI is InChI=1S/C12H13FN4O/c1-7-3-4-9(8(13)5-7)15-10-6-11(18-2)17-12(14)16-10/h3-6H,1-2H3,(H3,14,15,16,17). The molecule has 2 rings (SSSR count). The molecule has 1 aromatic heterocycles. The van der Waals surface area contributed by atoms with Gasteiger partial charge in [-0.05, 0) is 24.6 Å². The third-order valence-corrected chi connectivity index (χ3v) is 2.32. The van der Waals surface area contributed by atoms with Crippen LogP contribution >= 0.6 is 0 Å². The minimum absolute atomic E-state index is 0.0596. The van der Waals surface area contributed by atoms with Gasteiger partial charge in [-0.3, -0.25) is 0 Å². The molecule has 2 aromatic rings. The number of anilines is 3. The van der Waals surface area contributed by atoms with Gasteiger partial charge < -0.3 is 15.8 Å². The van der Waals surface area contributed by atoms with Crippen LogP contribution in [-0.2, 0) is 0 Å². The summed E-state index contributed by atoms with van der Waals surface area (Å²) >= 11 is 0. The van der Waals surface area contributed by atoms with E-state index in [-0.39, 0.29) is 11.8 Å². The highest BCUT2D eigenvalue weighted by Crippen LogP contribution is 2.22. The van der Waals surface area contributed by atoms with Crippen LogP contribution < -0.4 is 15.8 Å². The summed E-state index contributed by atoms with van der Waals surface area (Å²) < 4.78 is 18.6. The van der Waals surface area contributed by atoms with Crippen molar-refractivity contribution in [1.29, 1.82) is 0 Å². The average molecular weight is 248 g/mol. The molecular weight excluding hydrogens is 235 g/mol. The van der Waals surface area contributed by atoms with Crippen molar-refractivity contribution in [3.63, 3.8) is 0 Å². The summed E-state index contributed by atoms with van der Waals surface area (Å²) in [5.41, 5.74) is 6.68. The number of rotatable bonds is 3. The molecule has 0 radical (unpaired) electrons. The van der Waals surface area contributed by atoms with Gasteiger partial charge in [-0.25, -0.2) is 4.39 Å². The van der Waals surface area contributed by atoms with Crippen molar-refractivity contribution in [2.45, 2.75) is 6.92 Å². The zero-order valence-electron chi connectivity index (χ0n) is 10.1. The first-order valence-corrected chi connectivity index (χ1v) is 5.30. The number of nitrogens with zero attached hydrogens (tertiary/aromatic N) is 2. The topological polar surface area (TPSA) is 73.1 Å². The third kappa shape index (κ3) is 2.65. The van der Waals surface area contributed by atoms with E-state index in [4.69, 9.17) is 10.5 Å². The third-order valence-electron chi connectivity index (χ3n) is 2.32. The van der Waals surface area contributed by atoms with Crippen molar-refractivity contribution in [1.82, 2.24) is 9.97 Å². The van der Waals surface area contributed by atoms with Crippen molar-refractivity contribution in [2.75, 3.05) is 18.2 Å². The van der Waals surface area contributed by atoms with Crippen molar-refractivity contribution >= 4 is 17.5 Å². The van der Waals surface area contributed by atoms with Gasteiger partial charge >= 0.3 is 0 Å². The quantitative estimate of drug-likeness (QED) is 0.871. The highest BCUT2D eigenvalue weighted by molar-refractivity contribution is 5.59. The van der Waals surface area contributed by atoms with Crippen LogP contribution in [0.5, 0.6) is 5.88 Å². The highest BCUT2D eigenvalue weighted by atomic mass is 19.1. The number of nitrogens with two attached hydrogens (primary N) is 1. The first-order chi connectivity index (χ1) is 8.58. The molecule has 0 unspecified atom stereocenters. The van der Waals surface area contributed by atoms with E-state index in [1.165, 1.54) is 19.2 Å². The lowest BCUT2D eigenvalue weighted by atomic mass is 10.2. The second-order valence-electron chi connectivity index (χ2n) is 3.76. The summed E-state index contributed by atoms with van der Waals surface area (Å²) in [4.78, 5) is 7.79. The SMILES string of the molecule is COc1cc(Nc2ccc(C)cc2F)nc(N)n1. The molecule has 6 heteroatoms. The fraction of sp³-hybridized carbons (Fsp3) is 0.167. The molecule has 0 aliphatic carbocycles. The van der Waals surface area contributed by atoms with Crippen LogP contribution in [0, 0.1) is 12.7 Å². The predicted molar refractivity (Wildman–Crippen MR) is 67.4 cm³/mol. The van der Waals surface area contributed by atoms with Gasteiger partial charge in [0.25, 0.3) is 0 Å². The first-order valence-electron chi connectivity index (χ1n) is 5.30. The Bertz CT molecular complexity index is 574. The van der Waals surface area contributed by atoms with Crippen LogP contribution in [0.25, 0.3) is 0 Å². The fourth-order valence-corrected chi connectivity index (χ4v) is 1.47. The molecule has 0 atom stereocenters. The Morgan fingerprint density at radius 3 is 2.72 bits per heavy atom. The lowest BCUT2D eigenvalue weighted by Crippen LogP contribution is -2.02. The summed E-state index contributed by atoms with van der Waals surface area (Å²) in [6.07, 6.45) is 0. The summed E-state index contributed by atoms with van der Waals surface area (Å²) in [5, 5.41) is 2.83. The molecule has 0 saturated carbocycles. The van der Waals surface area contributed by atoms with Gasteiger partial charge in [-0.1, -0.05) is 6.07 Å². The van der Waals surface area contributed by atoms with E-state index in [1.54, 1.807) is 12.1 Å². The number of methoxy groups -OCH3 is 1. The predicted octanol–water partition coefficient (Wildman–Crippen LogP) is 2.26. The molecule has 0 aliphatic rings. The zero-order chi connectivity index (χ0) is 13.1. The van der Waals surface area contributed by atoms with Gasteiger partial charge in [0.15, 0.2) is 0 Å². The highest BCUT2D eigenvalue weighted by Gasteiger charge is 2.06. The smallest absolute Gasteiger partial charge is 0.225 e. The average Bonchev–Trinajstić information content (AvgIpc) is 2.32. The van der Waals surface area contributed by atoms with E-state index >= 15 is 0 Å². The van der Waals surface area contributed by atoms with E-state index in [0.29, 0.717) is 17.4 Å². The van der Waals surface area contributed by atoms with Crippen LogP contribution in [0.15, 0.2) is 24.3 Å². The molecule has 94 valence electrons. The van der Waals surface area contributed by atoms with Crippen LogP contribution in [0.2, 0.25) is 0 Å². The van der Waals surface area contributed by atoms with Crippen LogP contribution in [-0.4, -0.2) is 17.1 Å². The van der Waals surface area contributed by atoms with E-state index < -0.39 is 0 Å². The lowest BCUT2D eigenvalue weighted by Gasteiger charge is -2.09. The van der Waals surface area contributed by atoms with Gasteiger partial charge in [0.1, 0.15) is 11.6 Å². The Morgan fingerprint density at radius 2 is 2.06 bits per heavy atom. The molecule has 18 heavy (non-hydrogen) atoms. The molecule has 5 nitrogen and oxygen atoms in total. The molecule has 0 aliphatic heterocycles. The van der Waals surface area contributed by atoms with Crippen molar-refractivity contribution in [3.05, 3.63) is 35.6 Å². The normalized spacial score (nSPS) is 10.2. The van der Waals surface area contributed by atoms with Crippen molar-refractivity contribution in [2.24, 2.45) is 0 Å². The molecule has 1 heterocycles. The van der Waals surface area contributed by atoms with Crippen LogP contribution in [0.1, 0.15) is 5.56 Å². The maximum absolute atomic E-state index is 13.7. The van der Waals surface area contributed by atoms with Crippen LogP contribution in [0.3, 0.4) is 0 Å². The van der Waals surface area contributed by atoms with Gasteiger partial charge in [-0.2, -0.15) is 9.97 Å². The number of hydrogen-bond donors (Lipinski definition) is 2. The maximum atomic E-state index is 13.7. The van der Waals surface area contributed by atoms with Gasteiger partial charge in [-0.15, -0.1) is 0 Å². The molecule has 0 amide bonds. The number of nitrogens with one attached hydrogen (secondary N) is 1. The van der Waals surface area contributed by atoms with E-state index in [9.17, 15) is 4.39 Å². The van der Waals surface area contributed by atoms with E-state index in [0.717, 1.165) is 5.56 Å². The second-order valence-corrected chi connectivity index (χ2v) is 3.76. The Kier molecular flexibility index (Phi) is 3.27. The molecule has 0 spiro atoms. The Morgan fingerprint density at radius 1 is 1.28 bits per heavy atom. The Hall–Kier alpha value is -2.37. The van der Waals surface area contributed by atoms with Crippen LogP contribution in [0.4, 0.5) is 21.8 Å². The molecule has 0 saturated heterocycles. The fourth-order valence-electron chi connectivity index (χ4n) is 1.47. The van der Waals surface area contributed by atoms with Gasteiger partial charge in [0.05, 0.1) is 12.8 Å². The number of benzene rings is 1. The zero-order valence-corrected chi connectivity index (χ0v) is 10.1. The van der Waals surface area contributed by atoms with Crippen molar-refractivity contribution < 1.29 is 9.13 Å². The monoisotopic (exact) mass is 248 g/mol. The lowest BCUT2D eigenvalue weighted by molar-refractivity contribution is 0.398. The second kappa shape index (κ2) is 4.87. The van der Waals surface area contributed by atoms with Gasteiger partial charge in [0, 0.05) is 6.07 Å². The van der Waals surface area contributed by atoms with Gasteiger partial charge in [0.2, 0.25) is 11.8 Å². The number of aromatic nitrogens is 2. The number of ether oxygens (including phenoxy) is 1. The number of halogens is 1. The Labute approximate surface area is 104 Å². The summed E-state index contributed by atoms with van der Waals surface area (Å²) in [6, 6.07) is 6.41. The minimum atomic E-state index is -0.355. The van der Waals surface area contributed by atoms with E-state index in [1.807, 2.05) is 6.92 Å². The largest absolute Gasteiger partial charge is 0.481 e. The van der Waals surface area contributed by atoms with Crippen molar-refractivity contribution in [3.8, 4) is 5.88 Å². The number of aryl methyl sites for hydroxylation is 1. The maximum Gasteiger partial charge on any atom is 0.225 e. The van der Waals surface area contributed by atoms with E-state index in [2.05, 4.69) is 15.3 Å². The summed E-state index contributed by atoms with van der Waals surface area (Å²) in [6.45, 7) is 1.82. The first kappa shape index (κ1) is 12.1.